The number of hydrogen-bond acceptors (Lipinski definition) is 4. The van der Waals surface area contributed by atoms with Gasteiger partial charge in [0.15, 0.2) is 0 Å². The summed E-state index contributed by atoms with van der Waals surface area (Å²) in [5.74, 6) is -1.04. The number of carbonyl (C=O) groups is 2. The van der Waals surface area contributed by atoms with Crippen LogP contribution in [0.25, 0.3) is 0 Å². The summed E-state index contributed by atoms with van der Waals surface area (Å²) >= 11 is 6.09. The van der Waals surface area contributed by atoms with Gasteiger partial charge in [0.2, 0.25) is 0 Å². The van der Waals surface area contributed by atoms with E-state index in [2.05, 4.69) is 4.90 Å². The van der Waals surface area contributed by atoms with Crippen LogP contribution < -0.4 is 0 Å². The highest BCUT2D eigenvalue weighted by molar-refractivity contribution is 6.30. The van der Waals surface area contributed by atoms with Gasteiger partial charge in [-0.2, -0.15) is 0 Å². The fourth-order valence-electron chi connectivity index (χ4n) is 3.23. The second-order valence-electron chi connectivity index (χ2n) is 7.76. The van der Waals surface area contributed by atoms with E-state index < -0.39 is 23.7 Å². The Bertz CT molecular complexity index is 674. The number of ether oxygens (including phenoxy) is 1. The molecular weight excluding hydrogens is 356 g/mol. The summed E-state index contributed by atoms with van der Waals surface area (Å²) in [5.41, 5.74) is 0.341. The molecule has 1 amide bonds. The summed E-state index contributed by atoms with van der Waals surface area (Å²) in [6.07, 6.45) is -0.591. The highest BCUT2D eigenvalue weighted by Gasteiger charge is 2.41. The molecule has 0 bridgehead atoms. The first-order valence-corrected chi connectivity index (χ1v) is 9.11. The number of halogens is 1. The van der Waals surface area contributed by atoms with E-state index in [1.54, 1.807) is 20.8 Å². The third kappa shape index (κ3) is 4.89. The first-order valence-electron chi connectivity index (χ1n) is 8.73. The minimum absolute atomic E-state index is 0.0212. The number of nitrogens with zero attached hydrogens (tertiary/aromatic N) is 2. The summed E-state index contributed by atoms with van der Waals surface area (Å²) in [7, 11) is 0. The molecule has 6 nitrogen and oxygen atoms in total. The fourth-order valence-corrected chi connectivity index (χ4v) is 3.43. The number of carboxylic acid groups (broad SMARTS) is 1. The van der Waals surface area contributed by atoms with Gasteiger partial charge < -0.3 is 9.84 Å². The molecule has 1 aromatic carbocycles. The number of carbonyl (C=O) groups excluding carboxylic acids is 1. The maximum Gasteiger partial charge on any atom is 0.411 e. The molecule has 3 unspecified atom stereocenters. The lowest BCUT2D eigenvalue weighted by atomic mass is 10.0. The molecule has 0 aromatic heterocycles. The van der Waals surface area contributed by atoms with Crippen LogP contribution >= 0.6 is 11.6 Å². The highest BCUT2D eigenvalue weighted by atomic mass is 35.5. The second kappa shape index (κ2) is 7.84. The summed E-state index contributed by atoms with van der Waals surface area (Å²) < 4.78 is 5.39. The minimum atomic E-state index is -1.04. The summed E-state index contributed by atoms with van der Waals surface area (Å²) in [4.78, 5) is 27.7. The molecule has 26 heavy (non-hydrogen) atoms. The average molecular weight is 383 g/mol. The molecule has 0 radical (unpaired) electrons. The van der Waals surface area contributed by atoms with Crippen molar-refractivity contribution in [2.45, 2.75) is 58.3 Å². The van der Waals surface area contributed by atoms with Crippen LogP contribution in [0.4, 0.5) is 4.79 Å². The van der Waals surface area contributed by atoms with Gasteiger partial charge >= 0.3 is 12.1 Å². The van der Waals surface area contributed by atoms with Crippen LogP contribution in [-0.4, -0.2) is 57.7 Å². The van der Waals surface area contributed by atoms with Gasteiger partial charge in [-0.15, -0.1) is 0 Å². The Hall–Kier alpha value is -1.79. The Morgan fingerprint density at radius 2 is 1.96 bits per heavy atom. The second-order valence-corrected chi connectivity index (χ2v) is 8.20. The molecule has 7 heteroatoms. The van der Waals surface area contributed by atoms with Gasteiger partial charge in [0.1, 0.15) is 11.6 Å². The Labute approximate surface area is 159 Å². The van der Waals surface area contributed by atoms with Crippen LogP contribution in [0.15, 0.2) is 24.3 Å². The monoisotopic (exact) mass is 382 g/mol. The number of carboxylic acids is 1. The SMILES string of the molecule is CC1CN(C(=O)OC(C)(C)C)C(C(=O)O)CN1C(C)c1cccc(Cl)c1. The molecule has 1 aliphatic heterocycles. The van der Waals surface area contributed by atoms with Gasteiger partial charge in [-0.25, -0.2) is 9.59 Å². The quantitative estimate of drug-likeness (QED) is 0.861. The van der Waals surface area contributed by atoms with Crippen molar-refractivity contribution in [1.29, 1.82) is 0 Å². The van der Waals surface area contributed by atoms with Crippen LogP contribution in [0.1, 0.15) is 46.2 Å². The van der Waals surface area contributed by atoms with Gasteiger partial charge in [0.25, 0.3) is 0 Å². The number of rotatable bonds is 3. The topological polar surface area (TPSA) is 70.1 Å². The maximum atomic E-state index is 12.5. The van der Waals surface area contributed by atoms with E-state index in [1.165, 1.54) is 4.90 Å². The number of benzene rings is 1. The van der Waals surface area contributed by atoms with Crippen LogP contribution in [0, 0.1) is 0 Å². The van der Waals surface area contributed by atoms with Crippen molar-refractivity contribution in [3.63, 3.8) is 0 Å². The van der Waals surface area contributed by atoms with E-state index in [4.69, 9.17) is 16.3 Å². The molecule has 1 heterocycles. The molecule has 0 spiro atoms. The van der Waals surface area contributed by atoms with Crippen molar-refractivity contribution >= 4 is 23.7 Å². The normalized spacial score (nSPS) is 22.8. The van der Waals surface area contributed by atoms with Crippen LogP contribution in [0.5, 0.6) is 0 Å². The molecule has 1 saturated heterocycles. The van der Waals surface area contributed by atoms with Crippen molar-refractivity contribution < 1.29 is 19.4 Å². The molecule has 0 saturated carbocycles. The van der Waals surface area contributed by atoms with E-state index in [9.17, 15) is 14.7 Å². The smallest absolute Gasteiger partial charge is 0.411 e. The molecule has 0 aliphatic carbocycles. The lowest BCUT2D eigenvalue weighted by Crippen LogP contribution is -2.62. The lowest BCUT2D eigenvalue weighted by Gasteiger charge is -2.46. The van der Waals surface area contributed by atoms with Crippen LogP contribution in [-0.2, 0) is 9.53 Å². The Morgan fingerprint density at radius 1 is 1.31 bits per heavy atom. The van der Waals surface area contributed by atoms with Crippen LogP contribution in [0.3, 0.4) is 0 Å². The number of amides is 1. The minimum Gasteiger partial charge on any atom is -0.480 e. The number of aliphatic carboxylic acids is 1. The van der Waals surface area contributed by atoms with E-state index in [1.807, 2.05) is 38.1 Å². The van der Waals surface area contributed by atoms with Crippen molar-refractivity contribution in [2.24, 2.45) is 0 Å². The Kier molecular flexibility index (Phi) is 6.19. The first-order chi connectivity index (χ1) is 12.0. The largest absolute Gasteiger partial charge is 0.480 e. The molecule has 3 atom stereocenters. The molecule has 1 N–H and O–H groups in total. The molecule has 144 valence electrons. The van der Waals surface area contributed by atoms with Crippen molar-refractivity contribution in [2.75, 3.05) is 13.1 Å². The standard InChI is InChI=1S/C19H27ClN2O4/c1-12-10-22(18(25)26-19(3,4)5)16(17(23)24)11-21(12)13(2)14-7-6-8-15(20)9-14/h6-9,12-13,16H,10-11H2,1-5H3,(H,23,24). The van der Waals surface area contributed by atoms with E-state index in [0.717, 1.165) is 5.56 Å². The predicted molar refractivity (Wildman–Crippen MR) is 100 cm³/mol. The van der Waals surface area contributed by atoms with E-state index >= 15 is 0 Å². The Balaban J connectivity index is 2.22. The van der Waals surface area contributed by atoms with Crippen molar-refractivity contribution in [3.8, 4) is 0 Å². The van der Waals surface area contributed by atoms with Gasteiger partial charge in [0, 0.05) is 30.2 Å². The summed E-state index contributed by atoms with van der Waals surface area (Å²) in [5, 5.41) is 10.3. The summed E-state index contributed by atoms with van der Waals surface area (Å²) in [6, 6.07) is 6.54. The van der Waals surface area contributed by atoms with Gasteiger partial charge in [-0.05, 0) is 52.3 Å². The van der Waals surface area contributed by atoms with Gasteiger partial charge in [-0.3, -0.25) is 9.80 Å². The predicted octanol–water partition coefficient (Wildman–Crippen LogP) is 3.80. The van der Waals surface area contributed by atoms with Crippen molar-refractivity contribution in [3.05, 3.63) is 34.9 Å². The molecule has 1 aromatic rings. The van der Waals surface area contributed by atoms with Gasteiger partial charge in [0.05, 0.1) is 0 Å². The fraction of sp³-hybridized carbons (Fsp3) is 0.579. The third-order valence-electron chi connectivity index (χ3n) is 4.53. The average Bonchev–Trinajstić information content (AvgIpc) is 2.52. The number of hydrogen-bond donors (Lipinski definition) is 1. The zero-order chi connectivity index (χ0) is 19.6. The first kappa shape index (κ1) is 20.5. The van der Waals surface area contributed by atoms with E-state index in [0.29, 0.717) is 5.02 Å². The number of piperazine rings is 1. The highest BCUT2D eigenvalue weighted by Crippen LogP contribution is 2.29. The zero-order valence-electron chi connectivity index (χ0n) is 15.9. The van der Waals surface area contributed by atoms with E-state index in [-0.39, 0.29) is 25.2 Å². The maximum absolute atomic E-state index is 12.5. The van der Waals surface area contributed by atoms with Gasteiger partial charge in [-0.1, -0.05) is 23.7 Å². The summed E-state index contributed by atoms with van der Waals surface area (Å²) in [6.45, 7) is 9.81. The Morgan fingerprint density at radius 3 is 2.50 bits per heavy atom. The molecule has 2 rings (SSSR count). The molecular formula is C19H27ClN2O4. The molecule has 1 fully saturated rings. The molecule has 1 aliphatic rings. The third-order valence-corrected chi connectivity index (χ3v) is 4.76. The zero-order valence-corrected chi connectivity index (χ0v) is 16.7. The van der Waals surface area contributed by atoms with Crippen LogP contribution in [0.2, 0.25) is 5.02 Å². The van der Waals surface area contributed by atoms with Crippen molar-refractivity contribution in [1.82, 2.24) is 9.80 Å². The lowest BCUT2D eigenvalue weighted by molar-refractivity contribution is -0.147.